The van der Waals surface area contributed by atoms with Gasteiger partial charge in [-0.05, 0) is 6.92 Å². The van der Waals surface area contributed by atoms with Gasteiger partial charge in [0.2, 0.25) is 0 Å². The molecule has 1 aliphatic heterocycles. The Morgan fingerprint density at radius 1 is 1.50 bits per heavy atom. The van der Waals surface area contributed by atoms with Crippen LogP contribution in [0.5, 0.6) is 0 Å². The first kappa shape index (κ1) is 12.9. The molecule has 0 fully saturated rings. The molecular formula is C10H12N2O5S. The van der Waals surface area contributed by atoms with E-state index in [0.29, 0.717) is 5.56 Å². The van der Waals surface area contributed by atoms with Crippen molar-refractivity contribution in [2.45, 2.75) is 18.4 Å². The lowest BCUT2D eigenvalue weighted by molar-refractivity contribution is 0.133. The third-order valence-corrected chi connectivity index (χ3v) is 4.01. The number of aliphatic hydroxyl groups excluding tert-OH is 3. The second-order valence-corrected chi connectivity index (χ2v) is 5.11. The Hall–Kier alpha value is -1.51. The minimum absolute atomic E-state index is 0.211. The maximum atomic E-state index is 11.6. The van der Waals surface area contributed by atoms with Crippen LogP contribution in [0, 0.1) is 6.92 Å². The Bertz CT molecular complexity index is 617. The van der Waals surface area contributed by atoms with E-state index >= 15 is 0 Å². The average molecular weight is 272 g/mol. The molecule has 0 spiro atoms. The standard InChI is InChI=1S/C10H12N2O5S/c1-4-2-12(10(17)11-8(4)16)9-7(15)6(14)5(3-13)18-9/h2,7,9,13-15H,3H2,1H3,(H,11,16,17)/t7?,9-/m1/s1. The summed E-state index contributed by atoms with van der Waals surface area (Å²) in [7, 11) is 0. The van der Waals surface area contributed by atoms with Crippen molar-refractivity contribution in [1.29, 1.82) is 0 Å². The van der Waals surface area contributed by atoms with Crippen LogP contribution in [0.3, 0.4) is 0 Å². The van der Waals surface area contributed by atoms with Gasteiger partial charge in [0.25, 0.3) is 5.56 Å². The molecule has 2 heterocycles. The second-order valence-electron chi connectivity index (χ2n) is 3.90. The van der Waals surface area contributed by atoms with Crippen LogP contribution < -0.4 is 11.2 Å². The molecule has 2 atom stereocenters. The predicted octanol–water partition coefficient (Wildman–Crippen LogP) is -0.787. The summed E-state index contributed by atoms with van der Waals surface area (Å²) in [5.74, 6) is -0.344. The second kappa shape index (κ2) is 4.63. The number of aliphatic hydroxyl groups is 3. The lowest BCUT2D eigenvalue weighted by Gasteiger charge is -2.17. The van der Waals surface area contributed by atoms with E-state index in [2.05, 4.69) is 4.98 Å². The number of nitrogens with zero attached hydrogens (tertiary/aromatic N) is 1. The van der Waals surface area contributed by atoms with Crippen molar-refractivity contribution in [3.8, 4) is 0 Å². The zero-order chi connectivity index (χ0) is 13.4. The van der Waals surface area contributed by atoms with Gasteiger partial charge >= 0.3 is 5.69 Å². The van der Waals surface area contributed by atoms with Gasteiger partial charge < -0.3 is 15.3 Å². The molecule has 1 unspecified atom stereocenters. The number of aryl methyl sites for hydroxylation is 1. The summed E-state index contributed by atoms with van der Waals surface area (Å²) < 4.78 is 1.13. The van der Waals surface area contributed by atoms with Gasteiger partial charge in [0.15, 0.2) is 0 Å². The fourth-order valence-corrected chi connectivity index (χ4v) is 2.81. The van der Waals surface area contributed by atoms with E-state index in [1.807, 2.05) is 0 Å². The SMILES string of the molecule is Cc1cn([C@@H]2SC(CO)=C(O)C2O)c(=O)[nH]c1=O. The van der Waals surface area contributed by atoms with Crippen molar-refractivity contribution in [1.82, 2.24) is 9.55 Å². The molecule has 1 aromatic heterocycles. The molecule has 4 N–H and O–H groups in total. The highest BCUT2D eigenvalue weighted by molar-refractivity contribution is 8.03. The van der Waals surface area contributed by atoms with Crippen molar-refractivity contribution >= 4 is 11.8 Å². The summed E-state index contributed by atoms with van der Waals surface area (Å²) in [6.07, 6.45) is 0.0236. The smallest absolute Gasteiger partial charge is 0.329 e. The number of aromatic amines is 1. The largest absolute Gasteiger partial charge is 0.509 e. The van der Waals surface area contributed by atoms with E-state index in [-0.39, 0.29) is 10.7 Å². The first-order valence-electron chi connectivity index (χ1n) is 5.15. The number of hydrogen-bond acceptors (Lipinski definition) is 6. The highest BCUT2D eigenvalue weighted by Gasteiger charge is 2.36. The molecule has 7 nitrogen and oxygen atoms in total. The lowest BCUT2D eigenvalue weighted by Crippen LogP contribution is -2.35. The van der Waals surface area contributed by atoms with E-state index < -0.39 is 29.3 Å². The zero-order valence-electron chi connectivity index (χ0n) is 9.45. The van der Waals surface area contributed by atoms with Crippen molar-refractivity contribution in [2.24, 2.45) is 0 Å². The molecule has 0 radical (unpaired) electrons. The highest BCUT2D eigenvalue weighted by atomic mass is 32.2. The molecule has 8 heteroatoms. The summed E-state index contributed by atoms with van der Waals surface area (Å²) >= 11 is 0.979. The van der Waals surface area contributed by atoms with Crippen molar-refractivity contribution < 1.29 is 15.3 Å². The molecular weight excluding hydrogens is 260 g/mol. The maximum absolute atomic E-state index is 11.6. The van der Waals surface area contributed by atoms with Crippen molar-refractivity contribution in [2.75, 3.05) is 6.61 Å². The van der Waals surface area contributed by atoms with Gasteiger partial charge in [0.05, 0.1) is 11.5 Å². The summed E-state index contributed by atoms with van der Waals surface area (Å²) in [5, 5.41) is 27.6. The molecule has 0 aliphatic carbocycles. The lowest BCUT2D eigenvalue weighted by atomic mass is 10.2. The Morgan fingerprint density at radius 2 is 2.17 bits per heavy atom. The van der Waals surface area contributed by atoms with E-state index in [1.165, 1.54) is 13.1 Å². The van der Waals surface area contributed by atoms with Crippen molar-refractivity contribution in [3.63, 3.8) is 0 Å². The molecule has 0 bridgehead atoms. The number of hydrogen-bond donors (Lipinski definition) is 4. The summed E-state index contributed by atoms with van der Waals surface area (Å²) in [6, 6.07) is 0. The van der Waals surface area contributed by atoms with Crippen LogP contribution in [0.15, 0.2) is 26.5 Å². The number of nitrogens with one attached hydrogen (secondary N) is 1. The molecule has 18 heavy (non-hydrogen) atoms. The Balaban J connectivity index is 2.45. The van der Waals surface area contributed by atoms with E-state index in [0.717, 1.165) is 16.3 Å². The van der Waals surface area contributed by atoms with Crippen LogP contribution in [0.4, 0.5) is 0 Å². The van der Waals surface area contributed by atoms with Crippen LogP contribution in [0.1, 0.15) is 10.9 Å². The minimum atomic E-state index is -1.29. The first-order valence-corrected chi connectivity index (χ1v) is 6.03. The summed E-state index contributed by atoms with van der Waals surface area (Å²) in [6.45, 7) is 1.11. The van der Waals surface area contributed by atoms with Crippen LogP contribution in [-0.4, -0.2) is 37.6 Å². The van der Waals surface area contributed by atoms with Crippen LogP contribution in [-0.2, 0) is 0 Å². The van der Waals surface area contributed by atoms with Crippen molar-refractivity contribution in [3.05, 3.63) is 43.3 Å². The van der Waals surface area contributed by atoms with Gasteiger partial charge in [-0.25, -0.2) is 4.79 Å². The molecule has 0 amide bonds. The predicted molar refractivity (Wildman–Crippen MR) is 65.4 cm³/mol. The van der Waals surface area contributed by atoms with Gasteiger partial charge in [-0.3, -0.25) is 14.3 Å². The molecule has 0 saturated carbocycles. The van der Waals surface area contributed by atoms with Gasteiger partial charge in [-0.15, -0.1) is 0 Å². The molecule has 0 aromatic carbocycles. The first-order chi connectivity index (χ1) is 8.45. The number of rotatable bonds is 2. The number of thioether (sulfide) groups is 1. The normalized spacial score (nSPS) is 23.7. The zero-order valence-corrected chi connectivity index (χ0v) is 10.3. The monoisotopic (exact) mass is 272 g/mol. The van der Waals surface area contributed by atoms with Gasteiger partial charge in [-0.1, -0.05) is 11.8 Å². The summed E-state index contributed by atoms with van der Waals surface area (Å²) in [4.78, 5) is 25.2. The molecule has 1 aromatic rings. The van der Waals surface area contributed by atoms with Crippen LogP contribution in [0.25, 0.3) is 0 Å². The Morgan fingerprint density at radius 3 is 2.72 bits per heavy atom. The maximum Gasteiger partial charge on any atom is 0.329 e. The fourth-order valence-electron chi connectivity index (χ4n) is 1.67. The third kappa shape index (κ3) is 1.98. The van der Waals surface area contributed by atoms with Crippen LogP contribution in [0.2, 0.25) is 0 Å². The quantitative estimate of drug-likeness (QED) is 0.561. The number of H-pyrrole nitrogens is 1. The number of aromatic nitrogens is 2. The molecule has 98 valence electrons. The average Bonchev–Trinajstić information content (AvgIpc) is 2.61. The van der Waals surface area contributed by atoms with Crippen LogP contribution >= 0.6 is 11.8 Å². The Kier molecular flexibility index (Phi) is 3.33. The van der Waals surface area contributed by atoms with E-state index in [9.17, 15) is 19.8 Å². The fraction of sp³-hybridized carbons (Fsp3) is 0.400. The molecule has 1 aliphatic rings. The third-order valence-electron chi connectivity index (χ3n) is 2.66. The Labute approximate surface area is 105 Å². The van der Waals surface area contributed by atoms with Gasteiger partial charge in [0.1, 0.15) is 17.2 Å². The summed E-state index contributed by atoms with van der Waals surface area (Å²) in [5.41, 5.74) is -0.846. The van der Waals surface area contributed by atoms with Gasteiger partial charge in [0, 0.05) is 11.8 Å². The van der Waals surface area contributed by atoms with Gasteiger partial charge in [-0.2, -0.15) is 0 Å². The highest BCUT2D eigenvalue weighted by Crippen LogP contribution is 2.42. The molecule has 2 rings (SSSR count). The minimum Gasteiger partial charge on any atom is -0.509 e. The van der Waals surface area contributed by atoms with E-state index in [1.54, 1.807) is 0 Å². The topological polar surface area (TPSA) is 116 Å². The van der Waals surface area contributed by atoms with E-state index in [4.69, 9.17) is 5.11 Å². The molecule has 0 saturated heterocycles.